The summed E-state index contributed by atoms with van der Waals surface area (Å²) >= 11 is 0. The number of aromatic nitrogens is 2. The van der Waals surface area contributed by atoms with E-state index < -0.39 is 59.3 Å². The Morgan fingerprint density at radius 3 is 2.12 bits per heavy atom. The number of nitrogens with zero attached hydrogens (tertiary/aromatic N) is 3. The Morgan fingerprint density at radius 2 is 1.54 bits per heavy atom. The van der Waals surface area contributed by atoms with E-state index in [-0.39, 0.29) is 29.5 Å². The van der Waals surface area contributed by atoms with Crippen molar-refractivity contribution in [3.63, 3.8) is 0 Å². The van der Waals surface area contributed by atoms with Crippen LogP contribution in [-0.4, -0.2) is 92.4 Å². The number of carbonyl (C=O) groups excluding carboxylic acids is 5. The van der Waals surface area contributed by atoms with E-state index in [4.69, 9.17) is 0 Å². The largest absolute Gasteiger partial charge is 0.381 e. The van der Waals surface area contributed by atoms with Crippen LogP contribution in [0.25, 0.3) is 0 Å². The highest BCUT2D eigenvalue weighted by Gasteiger charge is 2.42. The standard InChI is InChI=1S/C37H59N7O6/c1-6-12-27(30(45)35(49)40-26-17-18-26)41-32(46)23(2)44(22-24-13-10-11-14-24)36(50)31(37(3,4)5)43-34(48)29(25-15-8-7-9-16-25)42-33(47)28-21-38-19-20-39-28/h19-21,23-27,29-31,45H,6-18,22H2,1-5H3,(H,40,49)(H,41,46)(H,42,47)(H,43,48)/t23-,27-,29-,30?,31+/m0/s1. The highest BCUT2D eigenvalue weighted by Crippen LogP contribution is 2.30. The summed E-state index contributed by atoms with van der Waals surface area (Å²) in [6, 6.07) is -3.58. The summed E-state index contributed by atoms with van der Waals surface area (Å²) in [5, 5.41) is 22.5. The number of hydrogen-bond donors (Lipinski definition) is 5. The maximum Gasteiger partial charge on any atom is 0.272 e. The summed E-state index contributed by atoms with van der Waals surface area (Å²) in [6.45, 7) is 9.53. The number of amides is 5. The molecule has 1 aromatic heterocycles. The van der Waals surface area contributed by atoms with Crippen LogP contribution in [0.4, 0.5) is 0 Å². The molecule has 13 heteroatoms. The van der Waals surface area contributed by atoms with Gasteiger partial charge in [-0.3, -0.25) is 29.0 Å². The van der Waals surface area contributed by atoms with Gasteiger partial charge in [0, 0.05) is 25.0 Å². The van der Waals surface area contributed by atoms with Crippen molar-refractivity contribution in [1.82, 2.24) is 36.1 Å². The van der Waals surface area contributed by atoms with Gasteiger partial charge in [-0.25, -0.2) is 4.98 Å². The maximum atomic E-state index is 14.7. The van der Waals surface area contributed by atoms with Gasteiger partial charge in [0.05, 0.1) is 12.2 Å². The van der Waals surface area contributed by atoms with Crippen LogP contribution in [-0.2, 0) is 19.2 Å². The molecule has 13 nitrogen and oxygen atoms in total. The summed E-state index contributed by atoms with van der Waals surface area (Å²) in [4.78, 5) is 78.3. The molecule has 3 aliphatic rings. The first-order valence-corrected chi connectivity index (χ1v) is 18.8. The minimum atomic E-state index is -1.42. The topological polar surface area (TPSA) is 183 Å². The van der Waals surface area contributed by atoms with Gasteiger partial charge in [-0.15, -0.1) is 0 Å². The second kappa shape index (κ2) is 18.1. The summed E-state index contributed by atoms with van der Waals surface area (Å²) in [5.41, 5.74) is -0.645. The number of hydrogen-bond acceptors (Lipinski definition) is 8. The fourth-order valence-corrected chi connectivity index (χ4v) is 7.21. The molecule has 0 bridgehead atoms. The zero-order valence-corrected chi connectivity index (χ0v) is 30.6. The van der Waals surface area contributed by atoms with Gasteiger partial charge in [0.15, 0.2) is 6.10 Å². The Bertz CT molecular complexity index is 1300. The van der Waals surface area contributed by atoms with Gasteiger partial charge >= 0.3 is 0 Å². The first kappa shape index (κ1) is 39.2. The highest BCUT2D eigenvalue weighted by molar-refractivity contribution is 5.98. The molecule has 0 spiro atoms. The summed E-state index contributed by atoms with van der Waals surface area (Å²) in [7, 11) is 0. The molecule has 1 aromatic rings. The quantitative estimate of drug-likeness (QED) is 0.175. The third kappa shape index (κ3) is 10.9. The highest BCUT2D eigenvalue weighted by atomic mass is 16.3. The van der Waals surface area contributed by atoms with Crippen molar-refractivity contribution in [2.45, 2.75) is 154 Å². The molecule has 5 N–H and O–H groups in total. The van der Waals surface area contributed by atoms with Crippen LogP contribution in [0, 0.1) is 17.3 Å². The van der Waals surface area contributed by atoms with E-state index in [0.29, 0.717) is 19.4 Å². The molecule has 278 valence electrons. The van der Waals surface area contributed by atoms with Gasteiger partial charge in [-0.2, -0.15) is 0 Å². The van der Waals surface area contributed by atoms with E-state index in [9.17, 15) is 29.1 Å². The van der Waals surface area contributed by atoms with Crippen molar-refractivity contribution in [2.75, 3.05) is 6.54 Å². The Balaban J connectivity index is 1.56. The third-order valence-electron chi connectivity index (χ3n) is 10.4. The number of aliphatic hydroxyl groups is 1. The molecule has 1 unspecified atom stereocenters. The second-order valence-corrected chi connectivity index (χ2v) is 15.7. The molecule has 0 aromatic carbocycles. The normalized spacial score (nSPS) is 20.1. The smallest absolute Gasteiger partial charge is 0.272 e. The minimum absolute atomic E-state index is 0.0659. The van der Waals surface area contributed by atoms with Gasteiger partial charge in [0.25, 0.3) is 11.8 Å². The predicted octanol–water partition coefficient (Wildman–Crippen LogP) is 3.02. The molecule has 50 heavy (non-hydrogen) atoms. The number of carbonyl (C=O) groups is 5. The number of nitrogens with one attached hydrogen (secondary N) is 4. The molecule has 5 amide bonds. The summed E-state index contributed by atoms with van der Waals surface area (Å²) < 4.78 is 0. The molecular formula is C37H59N7O6. The molecular weight excluding hydrogens is 638 g/mol. The van der Waals surface area contributed by atoms with Crippen molar-refractivity contribution in [3.05, 3.63) is 24.3 Å². The van der Waals surface area contributed by atoms with Gasteiger partial charge in [-0.05, 0) is 69.1 Å². The van der Waals surface area contributed by atoms with Crippen molar-refractivity contribution < 1.29 is 29.1 Å². The van der Waals surface area contributed by atoms with Crippen LogP contribution in [0.1, 0.15) is 129 Å². The molecule has 5 atom stereocenters. The number of aliphatic hydroxyl groups excluding tert-OH is 1. The predicted molar refractivity (Wildman–Crippen MR) is 188 cm³/mol. The van der Waals surface area contributed by atoms with Gasteiger partial charge in [-0.1, -0.05) is 66.2 Å². The van der Waals surface area contributed by atoms with Crippen molar-refractivity contribution >= 4 is 29.5 Å². The van der Waals surface area contributed by atoms with Crippen molar-refractivity contribution in [3.8, 4) is 0 Å². The lowest BCUT2D eigenvalue weighted by Crippen LogP contribution is -2.63. The molecule has 0 saturated heterocycles. The Hall–Kier alpha value is -3.61. The average molecular weight is 698 g/mol. The van der Waals surface area contributed by atoms with Crippen LogP contribution in [0.15, 0.2) is 18.6 Å². The van der Waals surface area contributed by atoms with Crippen LogP contribution in [0.2, 0.25) is 0 Å². The minimum Gasteiger partial charge on any atom is -0.381 e. The lowest BCUT2D eigenvalue weighted by molar-refractivity contribution is -0.147. The van der Waals surface area contributed by atoms with E-state index >= 15 is 0 Å². The van der Waals surface area contributed by atoms with E-state index in [1.165, 1.54) is 18.6 Å². The molecule has 0 aliphatic heterocycles. The van der Waals surface area contributed by atoms with Gasteiger partial charge in [0.2, 0.25) is 17.7 Å². The molecule has 0 radical (unpaired) electrons. The first-order chi connectivity index (χ1) is 23.8. The maximum absolute atomic E-state index is 14.7. The molecule has 3 saturated carbocycles. The van der Waals surface area contributed by atoms with Crippen molar-refractivity contribution in [2.24, 2.45) is 17.3 Å². The van der Waals surface area contributed by atoms with Crippen LogP contribution in [0.3, 0.4) is 0 Å². The molecule has 3 aliphatic carbocycles. The molecule has 1 heterocycles. The van der Waals surface area contributed by atoms with Crippen LogP contribution in [0.5, 0.6) is 0 Å². The van der Waals surface area contributed by atoms with Gasteiger partial charge in [0.1, 0.15) is 23.8 Å². The Kier molecular flexibility index (Phi) is 14.1. The Labute approximate surface area is 296 Å². The summed E-state index contributed by atoms with van der Waals surface area (Å²) in [6.07, 6.45) is 14.0. The van der Waals surface area contributed by atoms with Crippen LogP contribution < -0.4 is 21.3 Å². The summed E-state index contributed by atoms with van der Waals surface area (Å²) in [5.74, 6) is -2.23. The fourth-order valence-electron chi connectivity index (χ4n) is 7.21. The average Bonchev–Trinajstić information content (AvgIpc) is 3.76. The molecule has 4 rings (SSSR count). The third-order valence-corrected chi connectivity index (χ3v) is 10.4. The van der Waals surface area contributed by atoms with Gasteiger partial charge < -0.3 is 31.3 Å². The van der Waals surface area contributed by atoms with E-state index in [1.807, 2.05) is 27.7 Å². The molecule has 3 fully saturated rings. The zero-order valence-electron chi connectivity index (χ0n) is 30.6. The van der Waals surface area contributed by atoms with Crippen LogP contribution >= 0.6 is 0 Å². The van der Waals surface area contributed by atoms with E-state index in [0.717, 1.165) is 70.6 Å². The van der Waals surface area contributed by atoms with E-state index in [2.05, 4.69) is 31.2 Å². The first-order valence-electron chi connectivity index (χ1n) is 18.8. The SMILES string of the molecule is CCC[C@H](NC(=O)[C@H](C)N(CC1CCCC1)C(=O)[C@@H](NC(=O)[C@@H](NC(=O)c1cnccn1)C1CCCCC1)C(C)(C)C)C(O)C(=O)NC1CC1. The van der Waals surface area contributed by atoms with E-state index in [1.54, 1.807) is 11.8 Å². The Morgan fingerprint density at radius 1 is 0.880 bits per heavy atom. The second-order valence-electron chi connectivity index (χ2n) is 15.7. The zero-order chi connectivity index (χ0) is 36.4. The fraction of sp³-hybridized carbons (Fsp3) is 0.757. The monoisotopic (exact) mass is 697 g/mol. The lowest BCUT2D eigenvalue weighted by atomic mass is 9.82. The number of rotatable bonds is 16. The van der Waals surface area contributed by atoms with Crippen molar-refractivity contribution in [1.29, 1.82) is 0 Å². The lowest BCUT2D eigenvalue weighted by Gasteiger charge is -2.40.